The SMILES string of the molecule is CCOc1cccc([P+](O)(C(=O)N2CCC(CC3CN(c4ccc(C(=O)N(C)C)c(C5CC5)n4)C3)CC2)C(F)F)c1. The molecular formula is C30H40F2N4O4P+. The average molecular weight is 590 g/mol. The van der Waals surface area contributed by atoms with Crippen LogP contribution in [0.2, 0.25) is 0 Å². The number of likely N-dealkylation sites (tertiary alicyclic amines) is 1. The summed E-state index contributed by atoms with van der Waals surface area (Å²) >= 11 is 0. The van der Waals surface area contributed by atoms with E-state index in [-0.39, 0.29) is 11.2 Å². The van der Waals surface area contributed by atoms with Crippen LogP contribution in [-0.4, -0.2) is 84.3 Å². The molecule has 0 bridgehead atoms. The summed E-state index contributed by atoms with van der Waals surface area (Å²) in [4.78, 5) is 47.1. The van der Waals surface area contributed by atoms with Crippen molar-refractivity contribution in [2.45, 2.75) is 51.1 Å². The molecule has 3 aliphatic rings. The van der Waals surface area contributed by atoms with Crippen LogP contribution < -0.4 is 14.9 Å². The third-order valence-electron chi connectivity index (χ3n) is 8.44. The Balaban J connectivity index is 1.15. The van der Waals surface area contributed by atoms with Gasteiger partial charge in [0.1, 0.15) is 16.9 Å². The average Bonchev–Trinajstić information content (AvgIpc) is 3.79. The van der Waals surface area contributed by atoms with E-state index >= 15 is 0 Å². The molecule has 3 heterocycles. The summed E-state index contributed by atoms with van der Waals surface area (Å²) in [7, 11) is -0.855. The lowest BCUT2D eigenvalue weighted by Gasteiger charge is -2.43. The van der Waals surface area contributed by atoms with E-state index in [2.05, 4.69) is 4.90 Å². The number of amides is 2. The number of pyridine rings is 1. The van der Waals surface area contributed by atoms with Gasteiger partial charge in [-0.1, -0.05) is 6.07 Å². The van der Waals surface area contributed by atoms with Crippen LogP contribution in [0.15, 0.2) is 36.4 Å². The van der Waals surface area contributed by atoms with Crippen LogP contribution in [0, 0.1) is 11.8 Å². The number of alkyl halides is 2. The minimum atomic E-state index is -4.37. The Labute approximate surface area is 241 Å². The molecule has 0 spiro atoms. The van der Waals surface area contributed by atoms with Crippen molar-refractivity contribution in [3.8, 4) is 5.75 Å². The molecule has 2 aromatic rings. The summed E-state index contributed by atoms with van der Waals surface area (Å²) in [5.74, 6) is 2.55. The highest BCUT2D eigenvalue weighted by molar-refractivity contribution is 7.92. The van der Waals surface area contributed by atoms with Crippen molar-refractivity contribution in [3.63, 3.8) is 0 Å². The summed E-state index contributed by atoms with van der Waals surface area (Å²) in [6, 6.07) is 9.78. The number of benzene rings is 1. The Kier molecular flexibility index (Phi) is 8.81. The fourth-order valence-electron chi connectivity index (χ4n) is 5.94. The summed E-state index contributed by atoms with van der Waals surface area (Å²) in [5.41, 5.74) is 0.767. The van der Waals surface area contributed by atoms with Gasteiger partial charge in [-0.05, 0) is 75.1 Å². The van der Waals surface area contributed by atoms with Gasteiger partial charge in [0, 0.05) is 52.3 Å². The molecule has 2 saturated heterocycles. The van der Waals surface area contributed by atoms with Crippen molar-refractivity contribution in [1.29, 1.82) is 0 Å². The van der Waals surface area contributed by atoms with Gasteiger partial charge in [0.25, 0.3) is 5.91 Å². The highest BCUT2D eigenvalue weighted by Crippen LogP contribution is 2.61. The Bertz CT molecular complexity index is 1260. The summed E-state index contributed by atoms with van der Waals surface area (Å²) in [6.07, 6.45) is 1.46. The maximum atomic E-state index is 14.2. The fraction of sp³-hybridized carbons (Fsp3) is 0.567. The number of hydrogen-bond donors (Lipinski definition) is 1. The van der Waals surface area contributed by atoms with E-state index in [4.69, 9.17) is 9.72 Å². The van der Waals surface area contributed by atoms with E-state index in [1.54, 1.807) is 32.0 Å². The van der Waals surface area contributed by atoms with Gasteiger partial charge in [-0.15, -0.1) is 0 Å². The molecule has 222 valence electrons. The van der Waals surface area contributed by atoms with Gasteiger partial charge < -0.3 is 19.4 Å². The molecular weight excluding hydrogens is 549 g/mol. The summed E-state index contributed by atoms with van der Waals surface area (Å²) in [5, 5.41) is -0.0438. The van der Waals surface area contributed by atoms with E-state index in [0.717, 1.165) is 56.7 Å². The van der Waals surface area contributed by atoms with Crippen LogP contribution >= 0.6 is 7.49 Å². The van der Waals surface area contributed by atoms with E-state index in [1.807, 2.05) is 12.1 Å². The third-order valence-corrected chi connectivity index (χ3v) is 10.9. The summed E-state index contributed by atoms with van der Waals surface area (Å²) in [6.45, 7) is 4.67. The first kappa shape index (κ1) is 29.6. The molecule has 1 aromatic heterocycles. The largest absolute Gasteiger partial charge is 0.494 e. The first-order chi connectivity index (χ1) is 19.6. The van der Waals surface area contributed by atoms with Gasteiger partial charge in [0.2, 0.25) is 0 Å². The number of halogens is 2. The van der Waals surface area contributed by atoms with E-state index in [0.29, 0.717) is 48.8 Å². The molecule has 8 nitrogen and oxygen atoms in total. The second-order valence-corrected chi connectivity index (χ2v) is 14.3. The molecule has 41 heavy (non-hydrogen) atoms. The molecule has 5 rings (SSSR count). The zero-order valence-electron chi connectivity index (χ0n) is 24.0. The lowest BCUT2D eigenvalue weighted by Crippen LogP contribution is -2.49. The van der Waals surface area contributed by atoms with E-state index < -0.39 is 19.3 Å². The number of piperidine rings is 1. The van der Waals surface area contributed by atoms with Crippen LogP contribution in [0.3, 0.4) is 0 Å². The zero-order chi connectivity index (χ0) is 29.3. The quantitative estimate of drug-likeness (QED) is 0.384. The van der Waals surface area contributed by atoms with Crippen LogP contribution in [-0.2, 0) is 0 Å². The van der Waals surface area contributed by atoms with Gasteiger partial charge in [-0.3, -0.25) is 4.79 Å². The van der Waals surface area contributed by atoms with Crippen molar-refractivity contribution in [2.24, 2.45) is 11.8 Å². The highest BCUT2D eigenvalue weighted by Gasteiger charge is 2.60. The molecule has 1 aliphatic carbocycles. The summed E-state index contributed by atoms with van der Waals surface area (Å²) < 4.78 is 33.9. The number of carbonyl (C=O) groups excluding carboxylic acids is 2. The first-order valence-corrected chi connectivity index (χ1v) is 16.3. The molecule has 3 fully saturated rings. The molecule has 1 saturated carbocycles. The van der Waals surface area contributed by atoms with Gasteiger partial charge in [0.05, 0.1) is 17.9 Å². The number of hydrogen-bond acceptors (Lipinski definition) is 6. The van der Waals surface area contributed by atoms with Crippen LogP contribution in [0.25, 0.3) is 0 Å². The fourth-order valence-corrected chi connectivity index (χ4v) is 7.82. The smallest absolute Gasteiger partial charge is 0.403 e. The molecule has 11 heteroatoms. The second-order valence-electron chi connectivity index (χ2n) is 11.7. The van der Waals surface area contributed by atoms with E-state index in [1.165, 1.54) is 23.1 Å². The standard InChI is InChI=1S/C30H40F2N4O4P/c1-4-40-23-6-5-7-24(17-23)41(39,29(31)32)30(38)35-14-12-20(13-15-35)16-21-18-36(19-21)26-11-10-25(28(37)34(2)3)27(33-26)22-8-9-22/h5-7,10-11,17,20-22,29,39H,4,8-9,12-16,18-19H2,1-3H3/q+1. The van der Waals surface area contributed by atoms with Crippen molar-refractivity contribution < 1.29 is 28.0 Å². The van der Waals surface area contributed by atoms with Crippen LogP contribution in [0.1, 0.15) is 61.0 Å². The number of carbonyl (C=O) groups is 2. The van der Waals surface area contributed by atoms with Crippen LogP contribution in [0.5, 0.6) is 5.75 Å². The molecule has 2 aliphatic heterocycles. The maximum absolute atomic E-state index is 14.2. The number of rotatable bonds is 10. The van der Waals surface area contributed by atoms with Gasteiger partial charge in [-0.25, -0.2) is 14.7 Å². The van der Waals surface area contributed by atoms with Crippen molar-refractivity contribution in [2.75, 3.05) is 51.8 Å². The van der Waals surface area contributed by atoms with Crippen molar-refractivity contribution in [3.05, 3.63) is 47.7 Å². The molecule has 1 N–H and O–H groups in total. The van der Waals surface area contributed by atoms with Gasteiger partial charge in [0.15, 0.2) is 0 Å². The number of nitrogens with zero attached hydrogens (tertiary/aromatic N) is 4. The Hall–Kier alpha value is -2.84. The Morgan fingerprint density at radius 3 is 2.41 bits per heavy atom. The predicted molar refractivity (Wildman–Crippen MR) is 157 cm³/mol. The molecule has 0 radical (unpaired) electrons. The molecule has 2 amide bonds. The van der Waals surface area contributed by atoms with Crippen molar-refractivity contribution in [1.82, 2.24) is 14.8 Å². The van der Waals surface area contributed by atoms with E-state index in [9.17, 15) is 23.3 Å². The minimum Gasteiger partial charge on any atom is -0.494 e. The number of ether oxygens (including phenoxy) is 1. The number of aromatic nitrogens is 1. The second kappa shape index (κ2) is 12.2. The lowest BCUT2D eigenvalue weighted by molar-refractivity contribution is 0.0826. The molecule has 1 unspecified atom stereocenters. The third kappa shape index (κ3) is 6.19. The van der Waals surface area contributed by atoms with Gasteiger partial charge >= 0.3 is 19.3 Å². The minimum absolute atomic E-state index is 0.00888. The lowest BCUT2D eigenvalue weighted by atomic mass is 9.83. The first-order valence-electron chi connectivity index (χ1n) is 14.5. The Morgan fingerprint density at radius 2 is 1.80 bits per heavy atom. The monoisotopic (exact) mass is 589 g/mol. The molecule has 1 atom stereocenters. The van der Waals surface area contributed by atoms with Crippen molar-refractivity contribution >= 4 is 30.2 Å². The van der Waals surface area contributed by atoms with Crippen LogP contribution in [0.4, 0.5) is 19.4 Å². The molecule has 1 aromatic carbocycles. The maximum Gasteiger partial charge on any atom is 0.403 e. The van der Waals surface area contributed by atoms with Gasteiger partial charge in [-0.2, -0.15) is 8.78 Å². The normalized spacial score (nSPS) is 19.6. The highest BCUT2D eigenvalue weighted by atomic mass is 31.2. The zero-order valence-corrected chi connectivity index (χ0v) is 24.9. The topological polar surface area (TPSA) is 86.2 Å². The Morgan fingerprint density at radius 1 is 1.10 bits per heavy atom. The predicted octanol–water partition coefficient (Wildman–Crippen LogP) is 5.19. The number of anilines is 1.